The quantitative estimate of drug-likeness (QED) is 0.798. The van der Waals surface area contributed by atoms with Gasteiger partial charge < -0.3 is 15.2 Å². The standard InChI is InChI=1S/C16H24BrNO2/c1-12(13-5-2-3-6-13)18-10-15(19)11-20-16-8-4-7-14(17)9-16/h4,7-9,12-13,15,18-19H,2-3,5-6,10-11H2,1H3. The lowest BCUT2D eigenvalue weighted by atomic mass is 10.00. The molecule has 2 atom stereocenters. The van der Waals surface area contributed by atoms with Crippen LogP contribution in [0.4, 0.5) is 0 Å². The van der Waals surface area contributed by atoms with Crippen LogP contribution in [0.5, 0.6) is 5.75 Å². The summed E-state index contributed by atoms with van der Waals surface area (Å²) in [5, 5.41) is 13.4. The Morgan fingerprint density at radius 1 is 1.40 bits per heavy atom. The number of ether oxygens (including phenoxy) is 1. The monoisotopic (exact) mass is 341 g/mol. The number of aliphatic hydroxyl groups is 1. The topological polar surface area (TPSA) is 41.5 Å². The zero-order valence-corrected chi connectivity index (χ0v) is 13.6. The summed E-state index contributed by atoms with van der Waals surface area (Å²) >= 11 is 3.40. The van der Waals surface area contributed by atoms with Gasteiger partial charge in [-0.15, -0.1) is 0 Å². The second-order valence-electron chi connectivity index (χ2n) is 5.66. The van der Waals surface area contributed by atoms with E-state index in [2.05, 4.69) is 28.2 Å². The van der Waals surface area contributed by atoms with Crippen LogP contribution in [0.2, 0.25) is 0 Å². The lowest BCUT2D eigenvalue weighted by Crippen LogP contribution is -2.39. The van der Waals surface area contributed by atoms with E-state index in [1.807, 2.05) is 24.3 Å². The van der Waals surface area contributed by atoms with Gasteiger partial charge in [-0.1, -0.05) is 34.8 Å². The molecular formula is C16H24BrNO2. The maximum Gasteiger partial charge on any atom is 0.120 e. The van der Waals surface area contributed by atoms with Gasteiger partial charge in [-0.3, -0.25) is 0 Å². The highest BCUT2D eigenvalue weighted by Gasteiger charge is 2.21. The van der Waals surface area contributed by atoms with Crippen molar-refractivity contribution in [2.45, 2.75) is 44.8 Å². The highest BCUT2D eigenvalue weighted by molar-refractivity contribution is 9.10. The molecule has 0 aliphatic heterocycles. The first-order valence-corrected chi connectivity index (χ1v) is 8.24. The third-order valence-corrected chi connectivity index (χ3v) is 4.51. The highest BCUT2D eigenvalue weighted by atomic mass is 79.9. The molecule has 0 bridgehead atoms. The van der Waals surface area contributed by atoms with Crippen molar-refractivity contribution >= 4 is 15.9 Å². The predicted octanol–water partition coefficient (Wildman–Crippen LogP) is 3.36. The van der Waals surface area contributed by atoms with Gasteiger partial charge in [-0.2, -0.15) is 0 Å². The largest absolute Gasteiger partial charge is 0.491 e. The molecule has 0 aromatic heterocycles. The second kappa shape index (κ2) is 8.01. The molecule has 1 saturated carbocycles. The van der Waals surface area contributed by atoms with Crippen molar-refractivity contribution in [2.75, 3.05) is 13.2 Å². The number of rotatable bonds is 7. The number of hydrogen-bond donors (Lipinski definition) is 2. The van der Waals surface area contributed by atoms with Gasteiger partial charge in [0.15, 0.2) is 0 Å². The lowest BCUT2D eigenvalue weighted by molar-refractivity contribution is 0.102. The van der Waals surface area contributed by atoms with E-state index in [9.17, 15) is 5.11 Å². The summed E-state index contributed by atoms with van der Waals surface area (Å²) in [5.74, 6) is 1.55. The summed E-state index contributed by atoms with van der Waals surface area (Å²) in [6, 6.07) is 8.16. The summed E-state index contributed by atoms with van der Waals surface area (Å²) < 4.78 is 6.57. The molecule has 0 saturated heterocycles. The summed E-state index contributed by atoms with van der Waals surface area (Å²) in [7, 11) is 0. The third-order valence-electron chi connectivity index (χ3n) is 4.02. The van der Waals surface area contributed by atoms with Gasteiger partial charge in [0, 0.05) is 17.1 Å². The van der Waals surface area contributed by atoms with Gasteiger partial charge in [-0.05, 0) is 43.9 Å². The first-order valence-electron chi connectivity index (χ1n) is 7.45. The predicted molar refractivity (Wildman–Crippen MR) is 85.1 cm³/mol. The SMILES string of the molecule is CC(NCC(O)COc1cccc(Br)c1)C1CCCC1. The zero-order chi connectivity index (χ0) is 14.4. The van der Waals surface area contributed by atoms with E-state index in [1.54, 1.807) is 0 Å². The summed E-state index contributed by atoms with van der Waals surface area (Å²) in [5.41, 5.74) is 0. The van der Waals surface area contributed by atoms with Crippen LogP contribution in [0.25, 0.3) is 0 Å². The first kappa shape index (κ1) is 15.8. The molecule has 0 spiro atoms. The van der Waals surface area contributed by atoms with Crippen molar-refractivity contribution in [3.05, 3.63) is 28.7 Å². The van der Waals surface area contributed by atoms with Crippen molar-refractivity contribution in [1.29, 1.82) is 0 Å². The van der Waals surface area contributed by atoms with Crippen molar-refractivity contribution in [3.63, 3.8) is 0 Å². The maximum atomic E-state index is 9.97. The lowest BCUT2D eigenvalue weighted by Gasteiger charge is -2.22. The van der Waals surface area contributed by atoms with Gasteiger partial charge in [0.2, 0.25) is 0 Å². The molecule has 1 aromatic carbocycles. The minimum Gasteiger partial charge on any atom is -0.491 e. The van der Waals surface area contributed by atoms with E-state index in [-0.39, 0.29) is 0 Å². The Balaban J connectivity index is 1.66. The van der Waals surface area contributed by atoms with Gasteiger partial charge in [0.1, 0.15) is 18.5 Å². The molecule has 1 fully saturated rings. The van der Waals surface area contributed by atoms with E-state index in [0.29, 0.717) is 19.2 Å². The van der Waals surface area contributed by atoms with Crippen LogP contribution in [-0.4, -0.2) is 30.4 Å². The Bertz CT molecular complexity index is 407. The van der Waals surface area contributed by atoms with Crippen LogP contribution in [-0.2, 0) is 0 Å². The van der Waals surface area contributed by atoms with Crippen LogP contribution in [0, 0.1) is 5.92 Å². The van der Waals surface area contributed by atoms with Crippen LogP contribution in [0.15, 0.2) is 28.7 Å². The fraction of sp³-hybridized carbons (Fsp3) is 0.625. The minimum absolute atomic E-state index is 0.320. The molecule has 2 N–H and O–H groups in total. The number of hydrogen-bond acceptors (Lipinski definition) is 3. The molecule has 0 amide bonds. The zero-order valence-electron chi connectivity index (χ0n) is 12.0. The van der Waals surface area contributed by atoms with Crippen LogP contribution >= 0.6 is 15.9 Å². The van der Waals surface area contributed by atoms with Crippen LogP contribution in [0.1, 0.15) is 32.6 Å². The Hall–Kier alpha value is -0.580. The molecule has 0 heterocycles. The Morgan fingerprint density at radius 3 is 2.85 bits per heavy atom. The molecule has 2 unspecified atom stereocenters. The van der Waals surface area contributed by atoms with Crippen molar-refractivity contribution in [1.82, 2.24) is 5.32 Å². The molecule has 1 aliphatic carbocycles. The first-order chi connectivity index (χ1) is 9.65. The molecule has 1 aliphatic rings. The number of nitrogens with one attached hydrogen (secondary N) is 1. The van der Waals surface area contributed by atoms with Gasteiger partial charge in [-0.25, -0.2) is 0 Å². The van der Waals surface area contributed by atoms with E-state index in [4.69, 9.17) is 4.74 Å². The van der Waals surface area contributed by atoms with Gasteiger partial charge in [0.05, 0.1) is 0 Å². The van der Waals surface area contributed by atoms with E-state index >= 15 is 0 Å². The van der Waals surface area contributed by atoms with Gasteiger partial charge >= 0.3 is 0 Å². The van der Waals surface area contributed by atoms with Crippen LogP contribution < -0.4 is 10.1 Å². The number of benzene rings is 1. The summed E-state index contributed by atoms with van der Waals surface area (Å²) in [6.07, 6.45) is 4.87. The molecular weight excluding hydrogens is 318 g/mol. The summed E-state index contributed by atoms with van der Waals surface area (Å²) in [6.45, 7) is 3.13. The van der Waals surface area contributed by atoms with Crippen molar-refractivity contribution in [2.24, 2.45) is 5.92 Å². The van der Waals surface area contributed by atoms with E-state index in [0.717, 1.165) is 16.1 Å². The van der Waals surface area contributed by atoms with E-state index in [1.165, 1.54) is 25.7 Å². The van der Waals surface area contributed by atoms with Crippen molar-refractivity contribution < 1.29 is 9.84 Å². The molecule has 2 rings (SSSR count). The highest BCUT2D eigenvalue weighted by Crippen LogP contribution is 2.27. The maximum absolute atomic E-state index is 9.97. The normalized spacial score (nSPS) is 18.9. The molecule has 0 radical (unpaired) electrons. The molecule has 4 heteroatoms. The Kier molecular flexibility index (Phi) is 6.33. The molecule has 20 heavy (non-hydrogen) atoms. The number of halogens is 1. The van der Waals surface area contributed by atoms with Crippen LogP contribution in [0.3, 0.4) is 0 Å². The smallest absolute Gasteiger partial charge is 0.120 e. The van der Waals surface area contributed by atoms with Crippen molar-refractivity contribution in [3.8, 4) is 5.75 Å². The molecule has 1 aromatic rings. The fourth-order valence-corrected chi connectivity index (χ4v) is 3.13. The third kappa shape index (κ3) is 5.08. The Labute approximate surface area is 129 Å². The molecule has 3 nitrogen and oxygen atoms in total. The van der Waals surface area contributed by atoms with E-state index < -0.39 is 6.10 Å². The van der Waals surface area contributed by atoms with Gasteiger partial charge in [0.25, 0.3) is 0 Å². The molecule has 112 valence electrons. The summed E-state index contributed by atoms with van der Waals surface area (Å²) in [4.78, 5) is 0. The minimum atomic E-state index is -0.474. The second-order valence-corrected chi connectivity index (χ2v) is 6.58. The average Bonchev–Trinajstić information content (AvgIpc) is 2.97. The Morgan fingerprint density at radius 2 is 2.15 bits per heavy atom. The number of aliphatic hydroxyl groups excluding tert-OH is 1. The fourth-order valence-electron chi connectivity index (χ4n) is 2.75. The average molecular weight is 342 g/mol.